The molecule has 20 heteroatoms. The van der Waals surface area contributed by atoms with Gasteiger partial charge in [0.1, 0.15) is 22.9 Å². The summed E-state index contributed by atoms with van der Waals surface area (Å²) in [6.45, 7) is 18.7. The number of anilines is 6. The molecule has 4 aliphatic rings. The molecule has 2 fully saturated rings. The number of phosphoric acid groups is 1. The van der Waals surface area contributed by atoms with Crippen molar-refractivity contribution in [3.05, 3.63) is 118 Å². The summed E-state index contributed by atoms with van der Waals surface area (Å²) in [5, 5.41) is 17.0. The summed E-state index contributed by atoms with van der Waals surface area (Å²) in [6.07, 6.45) is 7.87. The molecule has 0 radical (unpaired) electrons. The van der Waals surface area contributed by atoms with Gasteiger partial charge in [-0.15, -0.1) is 0 Å². The highest BCUT2D eigenvalue weighted by Gasteiger charge is 2.39. The molecule has 2 aromatic carbocycles. The molecule has 382 valence electrons. The molecule has 9 rings (SSSR count). The number of aryl methyl sites for hydroxylation is 1. The number of hydrogen-bond donors (Lipinski definition) is 5. The molecule has 5 N–H and O–H groups in total. The van der Waals surface area contributed by atoms with E-state index in [4.69, 9.17) is 9.51 Å². The molecule has 6 heterocycles. The Balaban J connectivity index is 0.907. The first-order chi connectivity index (χ1) is 34.0. The van der Waals surface area contributed by atoms with Gasteiger partial charge in [0.15, 0.2) is 5.82 Å². The summed E-state index contributed by atoms with van der Waals surface area (Å²) in [6, 6.07) is 14.2. The van der Waals surface area contributed by atoms with Gasteiger partial charge in [-0.05, 0) is 119 Å². The van der Waals surface area contributed by atoms with E-state index in [-0.39, 0.29) is 40.8 Å². The van der Waals surface area contributed by atoms with Gasteiger partial charge >= 0.3 is 7.82 Å². The number of piperazine rings is 1. The first-order valence-electron chi connectivity index (χ1n) is 24.4. The first-order valence-corrected chi connectivity index (χ1v) is 26.0. The Kier molecular flexibility index (Phi) is 13.6. The van der Waals surface area contributed by atoms with Gasteiger partial charge < -0.3 is 44.5 Å². The van der Waals surface area contributed by atoms with E-state index < -0.39 is 37.3 Å². The molecule has 3 aliphatic heterocycles. The van der Waals surface area contributed by atoms with Gasteiger partial charge in [-0.2, -0.15) is 0 Å². The Bertz CT molecular complexity index is 3080. The zero-order chi connectivity index (χ0) is 51.6. The van der Waals surface area contributed by atoms with E-state index in [9.17, 15) is 33.8 Å². The van der Waals surface area contributed by atoms with Crippen LogP contribution >= 0.6 is 7.82 Å². The number of phosphoric ester groups is 1. The highest BCUT2D eigenvalue weighted by Crippen LogP contribution is 2.47. The molecule has 72 heavy (non-hydrogen) atoms. The normalized spacial score (nSPS) is 20.3. The smallest absolute Gasteiger partial charge is 0.392 e. The summed E-state index contributed by atoms with van der Waals surface area (Å²) in [4.78, 5) is 77.6. The van der Waals surface area contributed by atoms with Gasteiger partial charge in [-0.1, -0.05) is 20.4 Å². The van der Waals surface area contributed by atoms with Crippen LogP contribution in [0, 0.1) is 11.2 Å². The molecular formula is C52H64FN10O8P. The summed E-state index contributed by atoms with van der Waals surface area (Å²) >= 11 is 0. The zero-order valence-electron chi connectivity index (χ0n) is 41.9. The molecule has 0 spiro atoms. The van der Waals surface area contributed by atoms with Crippen molar-refractivity contribution in [1.29, 1.82) is 0 Å². The number of nitrogens with zero attached hydrogens (tertiary/aromatic N) is 8. The van der Waals surface area contributed by atoms with E-state index >= 15 is 4.39 Å². The van der Waals surface area contributed by atoms with Crippen LogP contribution in [0.4, 0.5) is 38.8 Å². The number of aromatic nitrogens is 4. The second kappa shape index (κ2) is 19.3. The van der Waals surface area contributed by atoms with Gasteiger partial charge in [0.2, 0.25) is 5.91 Å². The Morgan fingerprint density at radius 1 is 1.01 bits per heavy atom. The third-order valence-corrected chi connectivity index (χ3v) is 15.4. The van der Waals surface area contributed by atoms with Gasteiger partial charge in [0.05, 0.1) is 23.7 Å². The number of carbonyl (C=O) groups excluding carboxylic acids is 2. The molecule has 18 nitrogen and oxygen atoms in total. The molecule has 1 unspecified atom stereocenters. The lowest BCUT2D eigenvalue weighted by molar-refractivity contribution is -0.111. The Morgan fingerprint density at radius 2 is 1.79 bits per heavy atom. The van der Waals surface area contributed by atoms with Crippen molar-refractivity contribution in [3.8, 4) is 11.3 Å². The minimum absolute atomic E-state index is 0.00944. The second-order valence-electron chi connectivity index (χ2n) is 20.9. The van der Waals surface area contributed by atoms with Crippen molar-refractivity contribution in [1.82, 2.24) is 24.0 Å². The number of piperidine rings is 1. The molecule has 5 aromatic rings. The van der Waals surface area contributed by atoms with E-state index in [1.54, 1.807) is 48.6 Å². The van der Waals surface area contributed by atoms with Crippen LogP contribution < -0.4 is 30.9 Å². The van der Waals surface area contributed by atoms with Crippen molar-refractivity contribution < 1.29 is 38.0 Å². The third kappa shape index (κ3) is 9.97. The standard InChI is InChI=1S/C52H64FN10O8P/c1-9-46(65)56-41-24-34(10-13-43(41)61-19-18-59(28-32(61)3)35-15-17-60(31(2)22-35)36-11-12-40(53)39(25-36)52(6,7)71-72(68,69)70)55-47-50(67)58(8)29-42(57-47)37-14-16-54-48(38(37)30-64)63-21-20-62-44(49(63)66)23-33-26-51(4,5)27-45(33)62/h9-14,16,23-25,29,31-32,35,64H,1,15,17-22,26-28,30H2,2-8H3,(H,55,57)(H,56,65)(H2,68,69,70)/t31-,32-,35?/m0/s1. The maximum atomic E-state index is 15.0. The predicted molar refractivity (Wildman–Crippen MR) is 275 cm³/mol. The van der Waals surface area contributed by atoms with Crippen molar-refractivity contribution in [2.45, 2.75) is 104 Å². The Morgan fingerprint density at radius 3 is 2.50 bits per heavy atom. The molecule has 3 atom stereocenters. The van der Waals surface area contributed by atoms with Crippen LogP contribution in [0.2, 0.25) is 0 Å². The van der Waals surface area contributed by atoms with Gasteiger partial charge in [-0.25, -0.2) is 18.9 Å². The number of amides is 2. The zero-order valence-corrected chi connectivity index (χ0v) is 42.7. The van der Waals surface area contributed by atoms with Crippen molar-refractivity contribution in [3.63, 3.8) is 0 Å². The number of benzene rings is 2. The molecule has 2 amide bonds. The fraction of sp³-hybridized carbons (Fsp3) is 0.442. The van der Waals surface area contributed by atoms with Crippen LogP contribution in [-0.2, 0) is 52.5 Å². The Labute approximate surface area is 418 Å². The molecule has 2 saturated heterocycles. The molecule has 0 bridgehead atoms. The first kappa shape index (κ1) is 50.7. The number of nitrogens with one attached hydrogen (secondary N) is 2. The minimum Gasteiger partial charge on any atom is -0.392 e. The number of fused-ring (bicyclic) bond motifs is 3. The van der Waals surface area contributed by atoms with E-state index in [0.717, 1.165) is 50.1 Å². The summed E-state index contributed by atoms with van der Waals surface area (Å²) in [5.74, 6) is -0.846. The number of aliphatic hydroxyl groups excluding tert-OH is 1. The molecular weight excluding hydrogens is 943 g/mol. The lowest BCUT2D eigenvalue weighted by atomic mass is 9.90. The fourth-order valence-corrected chi connectivity index (χ4v) is 12.1. The number of carbonyl (C=O) groups is 2. The summed E-state index contributed by atoms with van der Waals surface area (Å²) in [5.41, 5.74) is 5.12. The van der Waals surface area contributed by atoms with Crippen LogP contribution in [0.15, 0.2) is 78.4 Å². The lowest BCUT2D eigenvalue weighted by Crippen LogP contribution is -2.58. The van der Waals surface area contributed by atoms with Gasteiger partial charge in [0.25, 0.3) is 11.5 Å². The van der Waals surface area contributed by atoms with Crippen molar-refractivity contribution in [2.75, 3.05) is 58.1 Å². The van der Waals surface area contributed by atoms with Crippen molar-refractivity contribution in [2.24, 2.45) is 12.5 Å². The maximum Gasteiger partial charge on any atom is 0.470 e. The number of hydrogen-bond acceptors (Lipinski definition) is 12. The van der Waals surface area contributed by atoms with E-state index in [1.807, 2.05) is 18.2 Å². The number of aliphatic hydroxyl groups is 1. The monoisotopic (exact) mass is 1010 g/mol. The number of pyridine rings is 1. The highest BCUT2D eigenvalue weighted by atomic mass is 31.2. The van der Waals surface area contributed by atoms with Crippen LogP contribution in [0.1, 0.15) is 87.3 Å². The highest BCUT2D eigenvalue weighted by molar-refractivity contribution is 7.46. The topological polar surface area (TPSA) is 211 Å². The van der Waals surface area contributed by atoms with E-state index in [2.05, 4.69) is 69.2 Å². The minimum atomic E-state index is -4.89. The average molecular weight is 1010 g/mol. The quantitative estimate of drug-likeness (QED) is 0.0604. The fourth-order valence-electron chi connectivity index (χ4n) is 11.4. The second-order valence-corrected chi connectivity index (χ2v) is 22.1. The van der Waals surface area contributed by atoms with Crippen LogP contribution in [0.25, 0.3) is 11.3 Å². The lowest BCUT2D eigenvalue weighted by Gasteiger charge is -2.48. The maximum absolute atomic E-state index is 15.0. The summed E-state index contributed by atoms with van der Waals surface area (Å²) in [7, 11) is -3.27. The SMILES string of the molecule is C=CC(=O)Nc1cc(Nc2nc(-c3ccnc(N4CCn5c(cc6c5CC(C)(C)C6)C4=O)c3CO)cn(C)c2=O)ccc1N1CCN(C2CCN(c3ccc(F)c(C(C)(C)OP(=O)(O)O)c3)[C@@H](C)C2)C[C@@H]1C. The van der Waals surface area contributed by atoms with Gasteiger partial charge in [0, 0.05) is 111 Å². The number of halogens is 1. The van der Waals surface area contributed by atoms with Crippen LogP contribution in [0.5, 0.6) is 0 Å². The number of rotatable bonds is 13. The summed E-state index contributed by atoms with van der Waals surface area (Å²) < 4.78 is 35.2. The molecule has 3 aromatic heterocycles. The predicted octanol–water partition coefficient (Wildman–Crippen LogP) is 6.84. The van der Waals surface area contributed by atoms with Gasteiger partial charge in [-0.3, -0.25) is 28.7 Å². The van der Waals surface area contributed by atoms with Crippen LogP contribution in [-0.4, -0.2) is 102 Å². The van der Waals surface area contributed by atoms with Crippen LogP contribution in [0.3, 0.4) is 0 Å². The van der Waals surface area contributed by atoms with E-state index in [1.165, 1.54) is 41.8 Å². The third-order valence-electron chi connectivity index (χ3n) is 14.7. The van der Waals surface area contributed by atoms with E-state index in [0.29, 0.717) is 65.9 Å². The largest absolute Gasteiger partial charge is 0.470 e. The molecule has 1 aliphatic carbocycles. The average Bonchev–Trinajstić information content (AvgIpc) is 3.81. The molecule has 0 saturated carbocycles. The van der Waals surface area contributed by atoms with Crippen molar-refractivity contribution >= 4 is 54.0 Å². The Hall–Kier alpha value is -6.21.